The Morgan fingerprint density at radius 1 is 1.06 bits per heavy atom. The third-order valence-corrected chi connectivity index (χ3v) is 6.43. The summed E-state index contributed by atoms with van der Waals surface area (Å²) < 4.78 is 52.8. The van der Waals surface area contributed by atoms with Gasteiger partial charge in [-0.25, -0.2) is 29.8 Å². The first-order valence-electron chi connectivity index (χ1n) is 11.4. The minimum Gasteiger partial charge on any atom is -0.354 e. The van der Waals surface area contributed by atoms with Gasteiger partial charge in [-0.1, -0.05) is 0 Å². The van der Waals surface area contributed by atoms with Gasteiger partial charge in [0.1, 0.15) is 12.5 Å². The van der Waals surface area contributed by atoms with Crippen molar-refractivity contribution in [2.75, 3.05) is 29.7 Å². The molecule has 1 amide bonds. The molecule has 35 heavy (non-hydrogen) atoms. The van der Waals surface area contributed by atoms with Gasteiger partial charge >= 0.3 is 6.18 Å². The number of aliphatic imine (C=N–C) groups is 1. The quantitative estimate of drug-likeness (QED) is 0.642. The van der Waals surface area contributed by atoms with Crippen LogP contribution in [0.5, 0.6) is 0 Å². The number of piperidine rings is 1. The molecule has 3 aliphatic rings. The Morgan fingerprint density at radius 3 is 2.26 bits per heavy atom. The van der Waals surface area contributed by atoms with Gasteiger partial charge in [0.25, 0.3) is 5.91 Å². The molecular formula is C22H24F4N8O. The van der Waals surface area contributed by atoms with E-state index in [0.717, 1.165) is 18.7 Å². The Labute approximate surface area is 198 Å². The molecule has 0 spiro atoms. The van der Waals surface area contributed by atoms with E-state index in [9.17, 15) is 22.4 Å². The fourth-order valence-electron chi connectivity index (χ4n) is 4.47. The highest BCUT2D eigenvalue weighted by Crippen LogP contribution is 2.35. The van der Waals surface area contributed by atoms with Crippen molar-refractivity contribution in [3.63, 3.8) is 0 Å². The van der Waals surface area contributed by atoms with E-state index in [1.165, 1.54) is 12.4 Å². The first-order valence-corrected chi connectivity index (χ1v) is 11.4. The standard InChI is InChI=1S/C22H24F4N8O/c1-13-30-12-31-34(13)21-28-9-14(10-29-21)20(35)33(16-2-3-16)17-4-6-32(7-5-17)19-18(23)8-15(11-27-19)22(24,25)26/h8-11,16-17,31H,2-7,12H2,1H3. The van der Waals surface area contributed by atoms with Crippen LogP contribution in [0.1, 0.15) is 48.5 Å². The summed E-state index contributed by atoms with van der Waals surface area (Å²) in [5.41, 5.74) is 2.29. The molecule has 1 saturated heterocycles. The fraction of sp³-hybridized carbons (Fsp3) is 0.500. The molecule has 2 fully saturated rings. The second-order valence-corrected chi connectivity index (χ2v) is 8.82. The summed E-state index contributed by atoms with van der Waals surface area (Å²) in [5, 5.41) is 1.65. The molecule has 5 rings (SSSR count). The number of pyridine rings is 1. The van der Waals surface area contributed by atoms with Crippen LogP contribution in [-0.2, 0) is 6.18 Å². The number of nitrogens with one attached hydrogen (secondary N) is 1. The lowest BCUT2D eigenvalue weighted by atomic mass is 10.0. The Hall–Kier alpha value is -3.35. The van der Waals surface area contributed by atoms with E-state index in [0.29, 0.717) is 56.4 Å². The Bertz CT molecular complexity index is 1130. The van der Waals surface area contributed by atoms with Crippen LogP contribution in [0.3, 0.4) is 0 Å². The summed E-state index contributed by atoms with van der Waals surface area (Å²) in [5.74, 6) is -0.124. The van der Waals surface area contributed by atoms with E-state index >= 15 is 0 Å². The molecule has 1 aliphatic carbocycles. The lowest BCUT2D eigenvalue weighted by Gasteiger charge is -2.39. The number of amides is 1. The van der Waals surface area contributed by atoms with Crippen molar-refractivity contribution in [3.05, 3.63) is 41.6 Å². The zero-order valence-corrected chi connectivity index (χ0v) is 19.0. The Balaban J connectivity index is 1.26. The van der Waals surface area contributed by atoms with Crippen molar-refractivity contribution >= 4 is 23.5 Å². The van der Waals surface area contributed by atoms with E-state index < -0.39 is 17.6 Å². The van der Waals surface area contributed by atoms with Crippen molar-refractivity contribution < 1.29 is 22.4 Å². The Morgan fingerprint density at radius 2 is 1.71 bits per heavy atom. The third kappa shape index (κ3) is 4.77. The van der Waals surface area contributed by atoms with Gasteiger partial charge in [-0.15, -0.1) is 0 Å². The highest BCUT2D eigenvalue weighted by Gasteiger charge is 2.40. The summed E-state index contributed by atoms with van der Waals surface area (Å²) >= 11 is 0. The van der Waals surface area contributed by atoms with Gasteiger partial charge in [-0.2, -0.15) is 13.2 Å². The summed E-state index contributed by atoms with van der Waals surface area (Å²) in [6.45, 7) is 3.03. The van der Waals surface area contributed by atoms with Gasteiger partial charge in [0, 0.05) is 43.8 Å². The number of nitrogens with zero attached hydrogens (tertiary/aromatic N) is 7. The van der Waals surface area contributed by atoms with Crippen LogP contribution in [0.15, 0.2) is 29.6 Å². The van der Waals surface area contributed by atoms with Crippen LogP contribution in [0, 0.1) is 5.82 Å². The van der Waals surface area contributed by atoms with Gasteiger partial charge in [-0.05, 0) is 38.7 Å². The molecular weight excluding hydrogens is 468 g/mol. The predicted molar refractivity (Wildman–Crippen MR) is 119 cm³/mol. The maximum absolute atomic E-state index is 14.4. The molecule has 2 aliphatic heterocycles. The highest BCUT2D eigenvalue weighted by atomic mass is 19.4. The van der Waals surface area contributed by atoms with E-state index in [-0.39, 0.29) is 23.8 Å². The summed E-state index contributed by atoms with van der Waals surface area (Å²) in [4.78, 5) is 33.4. The van der Waals surface area contributed by atoms with Gasteiger partial charge in [0.05, 0.1) is 11.1 Å². The molecule has 0 atom stereocenters. The second kappa shape index (κ2) is 9.02. The molecule has 13 heteroatoms. The lowest BCUT2D eigenvalue weighted by molar-refractivity contribution is -0.138. The largest absolute Gasteiger partial charge is 0.417 e. The number of amidine groups is 1. The normalized spacial score (nSPS) is 19.2. The Kier molecular flexibility index (Phi) is 6.03. The zero-order chi connectivity index (χ0) is 24.7. The number of alkyl halides is 3. The number of carbonyl (C=O) groups excluding carboxylic acids is 1. The third-order valence-electron chi connectivity index (χ3n) is 6.43. The van der Waals surface area contributed by atoms with Crippen molar-refractivity contribution in [1.29, 1.82) is 0 Å². The van der Waals surface area contributed by atoms with Crippen LogP contribution in [0.2, 0.25) is 0 Å². The minimum atomic E-state index is -4.65. The number of aromatic nitrogens is 3. The average Bonchev–Trinajstić information content (AvgIpc) is 3.58. The average molecular weight is 492 g/mol. The number of hydrazine groups is 1. The zero-order valence-electron chi connectivity index (χ0n) is 19.0. The van der Waals surface area contributed by atoms with E-state index in [1.54, 1.807) is 9.91 Å². The van der Waals surface area contributed by atoms with Crippen molar-refractivity contribution in [2.45, 2.75) is 50.9 Å². The van der Waals surface area contributed by atoms with Gasteiger partial charge in [-0.3, -0.25) is 9.79 Å². The number of carbonyl (C=O) groups is 1. The molecule has 9 nitrogen and oxygen atoms in total. The fourth-order valence-corrected chi connectivity index (χ4v) is 4.47. The molecule has 2 aromatic heterocycles. The maximum Gasteiger partial charge on any atom is 0.417 e. The molecule has 0 aromatic carbocycles. The first-order chi connectivity index (χ1) is 16.7. The summed E-state index contributed by atoms with van der Waals surface area (Å²) in [6.07, 6.45) is 1.94. The number of hydrogen-bond acceptors (Lipinski definition) is 8. The van der Waals surface area contributed by atoms with Crippen LogP contribution < -0.4 is 15.3 Å². The van der Waals surface area contributed by atoms with Crippen LogP contribution in [0.25, 0.3) is 0 Å². The molecule has 0 unspecified atom stereocenters. The topological polar surface area (TPSA) is 89.9 Å². The van der Waals surface area contributed by atoms with Crippen LogP contribution in [-0.4, -0.2) is 63.4 Å². The first kappa shape index (κ1) is 23.4. The van der Waals surface area contributed by atoms with Crippen molar-refractivity contribution in [3.8, 4) is 0 Å². The SMILES string of the molecule is CC1=NCNN1c1ncc(C(=O)N(C2CC2)C2CCN(c3ncc(C(F)(F)F)cc3F)CC2)cn1. The van der Waals surface area contributed by atoms with Crippen LogP contribution in [0.4, 0.5) is 29.3 Å². The molecule has 2 aromatic rings. The van der Waals surface area contributed by atoms with E-state index in [2.05, 4.69) is 25.4 Å². The highest BCUT2D eigenvalue weighted by molar-refractivity contribution is 5.96. The molecule has 186 valence electrons. The van der Waals surface area contributed by atoms with E-state index in [1.807, 2.05) is 11.8 Å². The molecule has 0 radical (unpaired) electrons. The number of anilines is 2. The second-order valence-electron chi connectivity index (χ2n) is 8.82. The van der Waals surface area contributed by atoms with Gasteiger partial charge in [0.2, 0.25) is 5.95 Å². The summed E-state index contributed by atoms with van der Waals surface area (Å²) in [7, 11) is 0. The van der Waals surface area contributed by atoms with Crippen molar-refractivity contribution in [2.24, 2.45) is 4.99 Å². The predicted octanol–water partition coefficient (Wildman–Crippen LogP) is 3.00. The molecule has 1 saturated carbocycles. The summed E-state index contributed by atoms with van der Waals surface area (Å²) in [6, 6.07) is 0.538. The molecule has 1 N–H and O–H groups in total. The minimum absolute atomic E-state index is 0.0712. The molecule has 0 bridgehead atoms. The number of hydrogen-bond donors (Lipinski definition) is 1. The monoisotopic (exact) mass is 492 g/mol. The number of rotatable bonds is 5. The van der Waals surface area contributed by atoms with E-state index in [4.69, 9.17) is 0 Å². The van der Waals surface area contributed by atoms with Gasteiger partial charge < -0.3 is 9.80 Å². The maximum atomic E-state index is 14.4. The smallest absolute Gasteiger partial charge is 0.354 e. The lowest BCUT2D eigenvalue weighted by Crippen LogP contribution is -2.49. The van der Waals surface area contributed by atoms with Gasteiger partial charge in [0.15, 0.2) is 11.6 Å². The number of halogens is 4. The molecule has 4 heterocycles. The van der Waals surface area contributed by atoms with Crippen LogP contribution >= 0.6 is 0 Å². The van der Waals surface area contributed by atoms with Crippen molar-refractivity contribution in [1.82, 2.24) is 25.3 Å².